The van der Waals surface area contributed by atoms with E-state index in [4.69, 9.17) is 9.84 Å². The second-order valence-electron chi connectivity index (χ2n) is 4.69. The monoisotopic (exact) mass is 448 g/mol. The number of nitrogens with zero attached hydrogens (tertiary/aromatic N) is 2. The molecule has 0 unspecified atom stereocenters. The fraction of sp³-hybridized carbons (Fsp3) is 0.286. The Morgan fingerprint density at radius 2 is 2.14 bits per heavy atom. The van der Waals surface area contributed by atoms with Crippen molar-refractivity contribution in [1.82, 2.24) is 4.98 Å². The van der Waals surface area contributed by atoms with Crippen LogP contribution >= 0.6 is 43.2 Å². The summed E-state index contributed by atoms with van der Waals surface area (Å²) in [7, 11) is 3.97. The van der Waals surface area contributed by atoms with Crippen molar-refractivity contribution in [2.75, 3.05) is 25.6 Å². The summed E-state index contributed by atoms with van der Waals surface area (Å²) in [6.45, 7) is -0.164. The molecular weight excluding hydrogens is 436 g/mol. The number of thiazole rings is 1. The topological polar surface area (TPSA) is 62.7 Å². The van der Waals surface area contributed by atoms with E-state index >= 15 is 0 Å². The zero-order valence-corrected chi connectivity index (χ0v) is 16.0. The smallest absolute Gasteiger partial charge is 0.329 e. The summed E-state index contributed by atoms with van der Waals surface area (Å²) in [4.78, 5) is 17.0. The number of anilines is 1. The van der Waals surface area contributed by atoms with Crippen molar-refractivity contribution in [2.24, 2.45) is 0 Å². The third-order valence-electron chi connectivity index (χ3n) is 2.79. The highest BCUT2D eigenvalue weighted by molar-refractivity contribution is 9.11. The van der Waals surface area contributed by atoms with Crippen LogP contribution < -0.4 is 4.90 Å². The van der Waals surface area contributed by atoms with Gasteiger partial charge in [-0.1, -0.05) is 0 Å². The average Bonchev–Trinajstić information content (AvgIpc) is 2.79. The molecule has 0 aliphatic heterocycles. The number of aliphatic carboxylic acids is 1. The van der Waals surface area contributed by atoms with Gasteiger partial charge in [-0.3, -0.25) is 0 Å². The van der Waals surface area contributed by atoms with Crippen LogP contribution in [0.5, 0.6) is 0 Å². The highest BCUT2D eigenvalue weighted by atomic mass is 79.9. The van der Waals surface area contributed by atoms with E-state index in [1.165, 1.54) is 11.3 Å². The zero-order chi connectivity index (χ0) is 16.3. The first kappa shape index (κ1) is 17.4. The van der Waals surface area contributed by atoms with Gasteiger partial charge in [0.25, 0.3) is 0 Å². The number of carbonyl (C=O) groups is 1. The van der Waals surface area contributed by atoms with Gasteiger partial charge >= 0.3 is 5.97 Å². The molecule has 0 aliphatic rings. The lowest BCUT2D eigenvalue weighted by Gasteiger charge is -2.14. The summed E-state index contributed by atoms with van der Waals surface area (Å²) >= 11 is 8.50. The van der Waals surface area contributed by atoms with Gasteiger partial charge in [0.05, 0.1) is 21.8 Å². The molecule has 1 aromatic carbocycles. The number of benzene rings is 1. The summed E-state index contributed by atoms with van der Waals surface area (Å²) in [6, 6.07) is 6.05. The third-order valence-corrected chi connectivity index (χ3v) is 5.30. The number of rotatable bonds is 6. The normalized spacial score (nSPS) is 10.7. The fourth-order valence-corrected chi connectivity index (χ4v) is 3.97. The highest BCUT2D eigenvalue weighted by Crippen LogP contribution is 2.35. The maximum absolute atomic E-state index is 10.5. The van der Waals surface area contributed by atoms with Crippen LogP contribution in [0.1, 0.15) is 5.69 Å². The molecule has 2 rings (SSSR count). The maximum atomic E-state index is 10.5. The molecule has 118 valence electrons. The maximum Gasteiger partial charge on any atom is 0.329 e. The number of hydrogen-bond donors (Lipinski definition) is 1. The first-order valence-corrected chi connectivity index (χ1v) is 8.70. The van der Waals surface area contributed by atoms with Crippen molar-refractivity contribution >= 4 is 54.9 Å². The van der Waals surface area contributed by atoms with Gasteiger partial charge in [-0.2, -0.15) is 0 Å². The third kappa shape index (κ3) is 4.28. The molecular formula is C14H14Br2N2O3S. The van der Waals surface area contributed by atoms with Crippen molar-refractivity contribution in [3.05, 3.63) is 32.2 Å². The van der Waals surface area contributed by atoms with Crippen molar-refractivity contribution in [2.45, 2.75) is 6.61 Å². The average molecular weight is 450 g/mol. The zero-order valence-electron chi connectivity index (χ0n) is 12.0. The van der Waals surface area contributed by atoms with Gasteiger partial charge < -0.3 is 14.7 Å². The van der Waals surface area contributed by atoms with Crippen molar-refractivity contribution in [3.8, 4) is 10.6 Å². The molecule has 2 aromatic rings. The molecule has 0 aliphatic carbocycles. The number of aromatic nitrogens is 1. The van der Waals surface area contributed by atoms with Gasteiger partial charge in [0.1, 0.15) is 11.6 Å². The fourth-order valence-electron chi connectivity index (χ4n) is 1.78. The van der Waals surface area contributed by atoms with E-state index < -0.39 is 5.97 Å². The van der Waals surface area contributed by atoms with Crippen LogP contribution in [0, 0.1) is 0 Å². The number of halogens is 2. The van der Waals surface area contributed by atoms with Crippen LogP contribution in [0.4, 0.5) is 5.69 Å². The predicted molar refractivity (Wildman–Crippen MR) is 94.6 cm³/mol. The first-order valence-electron chi connectivity index (χ1n) is 6.30. The largest absolute Gasteiger partial charge is 0.480 e. The Morgan fingerprint density at radius 1 is 1.41 bits per heavy atom. The minimum atomic E-state index is -0.991. The van der Waals surface area contributed by atoms with E-state index in [0.29, 0.717) is 5.69 Å². The van der Waals surface area contributed by atoms with Gasteiger partial charge in [-0.15, -0.1) is 11.3 Å². The van der Waals surface area contributed by atoms with Gasteiger partial charge in [0.15, 0.2) is 0 Å². The number of carboxylic acid groups (broad SMARTS) is 1. The summed E-state index contributed by atoms with van der Waals surface area (Å²) < 4.78 is 6.92. The molecule has 0 radical (unpaired) electrons. The lowest BCUT2D eigenvalue weighted by molar-refractivity contribution is -0.142. The van der Waals surface area contributed by atoms with E-state index in [0.717, 1.165) is 24.5 Å². The molecule has 5 nitrogen and oxygen atoms in total. The lowest BCUT2D eigenvalue weighted by atomic mass is 10.2. The molecule has 0 atom stereocenters. The standard InChI is InChI=1S/C14H14Br2N2O3S/c1-18(2)11-4-3-8(5-9(11)15)14-17-10(13(16)22-14)6-21-7-12(19)20/h3-5H,6-7H2,1-2H3,(H,19,20). The molecule has 0 fully saturated rings. The Hall–Kier alpha value is -0.960. The molecule has 0 amide bonds. The van der Waals surface area contributed by atoms with E-state index in [-0.39, 0.29) is 13.2 Å². The predicted octanol–water partition coefficient (Wildman–Crippen LogP) is 4.00. The number of carboxylic acids is 1. The first-order chi connectivity index (χ1) is 10.4. The van der Waals surface area contributed by atoms with Gasteiger partial charge in [0, 0.05) is 24.1 Å². The summed E-state index contributed by atoms with van der Waals surface area (Å²) in [6.07, 6.45) is 0. The Balaban J connectivity index is 2.19. The summed E-state index contributed by atoms with van der Waals surface area (Å²) in [5.74, 6) is -0.991. The van der Waals surface area contributed by atoms with Crippen LogP contribution in [0.3, 0.4) is 0 Å². The van der Waals surface area contributed by atoms with E-state index in [2.05, 4.69) is 36.8 Å². The van der Waals surface area contributed by atoms with Gasteiger partial charge in [-0.05, 0) is 50.1 Å². The van der Waals surface area contributed by atoms with Crippen molar-refractivity contribution in [1.29, 1.82) is 0 Å². The molecule has 0 spiro atoms. The SMILES string of the molecule is CN(C)c1ccc(-c2nc(COCC(=O)O)c(Br)s2)cc1Br. The molecule has 8 heteroatoms. The quantitative estimate of drug-likeness (QED) is 0.721. The van der Waals surface area contributed by atoms with Crippen molar-refractivity contribution in [3.63, 3.8) is 0 Å². The van der Waals surface area contributed by atoms with Crippen LogP contribution in [0.15, 0.2) is 26.5 Å². The van der Waals surface area contributed by atoms with Crippen LogP contribution in [0.2, 0.25) is 0 Å². The van der Waals surface area contributed by atoms with E-state index in [1.54, 1.807) is 0 Å². The van der Waals surface area contributed by atoms with Crippen molar-refractivity contribution < 1.29 is 14.6 Å². The highest BCUT2D eigenvalue weighted by Gasteiger charge is 2.13. The Morgan fingerprint density at radius 3 is 2.73 bits per heavy atom. The molecule has 1 N–H and O–H groups in total. The van der Waals surface area contributed by atoms with Crippen LogP contribution in [0.25, 0.3) is 10.6 Å². The number of ether oxygens (including phenoxy) is 1. The minimum Gasteiger partial charge on any atom is -0.480 e. The van der Waals surface area contributed by atoms with E-state index in [9.17, 15) is 4.79 Å². The lowest BCUT2D eigenvalue weighted by Crippen LogP contribution is -2.09. The summed E-state index contributed by atoms with van der Waals surface area (Å²) in [5.41, 5.74) is 2.78. The molecule has 0 saturated heterocycles. The Labute approximate surface area is 149 Å². The van der Waals surface area contributed by atoms with E-state index in [1.807, 2.05) is 37.2 Å². The number of hydrogen-bond acceptors (Lipinski definition) is 5. The Bertz CT molecular complexity index is 689. The van der Waals surface area contributed by atoms with Gasteiger partial charge in [-0.25, -0.2) is 9.78 Å². The second-order valence-corrected chi connectivity index (χ2v) is 7.86. The molecule has 0 saturated carbocycles. The van der Waals surface area contributed by atoms with Crippen LogP contribution in [-0.4, -0.2) is 36.8 Å². The van der Waals surface area contributed by atoms with Crippen LogP contribution in [-0.2, 0) is 16.1 Å². The molecule has 22 heavy (non-hydrogen) atoms. The Kier molecular flexibility index (Phi) is 5.96. The molecule has 1 heterocycles. The molecule has 0 bridgehead atoms. The minimum absolute atomic E-state index is 0.167. The summed E-state index contributed by atoms with van der Waals surface area (Å²) in [5, 5.41) is 9.44. The second kappa shape index (κ2) is 7.54. The van der Waals surface area contributed by atoms with Gasteiger partial charge in [0.2, 0.25) is 0 Å². The molecule has 1 aromatic heterocycles.